The predicted molar refractivity (Wildman–Crippen MR) is 76.7 cm³/mol. The first-order valence-corrected chi connectivity index (χ1v) is 6.93. The van der Waals surface area contributed by atoms with Gasteiger partial charge >= 0.3 is 0 Å². The SMILES string of the molecule is COc1ccc(C)cc1CC(=O)C1(C)CCNCC1. The molecule has 0 amide bonds. The van der Waals surface area contributed by atoms with Crippen molar-refractivity contribution in [1.29, 1.82) is 0 Å². The molecule has 1 saturated heterocycles. The summed E-state index contributed by atoms with van der Waals surface area (Å²) in [5, 5.41) is 3.31. The Morgan fingerprint density at radius 3 is 2.68 bits per heavy atom. The van der Waals surface area contributed by atoms with Gasteiger partial charge in [-0.15, -0.1) is 0 Å². The van der Waals surface area contributed by atoms with Gasteiger partial charge in [-0.3, -0.25) is 4.79 Å². The Hall–Kier alpha value is -1.35. The average Bonchev–Trinajstić information content (AvgIpc) is 2.40. The second kappa shape index (κ2) is 5.74. The number of hydrogen-bond acceptors (Lipinski definition) is 3. The summed E-state index contributed by atoms with van der Waals surface area (Å²) in [5.74, 6) is 1.15. The molecule has 0 spiro atoms. The number of benzene rings is 1. The number of hydrogen-bond donors (Lipinski definition) is 1. The van der Waals surface area contributed by atoms with Crippen LogP contribution in [0.25, 0.3) is 0 Å². The minimum Gasteiger partial charge on any atom is -0.496 e. The molecule has 104 valence electrons. The summed E-state index contributed by atoms with van der Waals surface area (Å²) >= 11 is 0. The zero-order chi connectivity index (χ0) is 13.9. The highest BCUT2D eigenvalue weighted by Crippen LogP contribution is 2.32. The van der Waals surface area contributed by atoms with E-state index in [4.69, 9.17) is 4.74 Å². The third kappa shape index (κ3) is 3.16. The minimum absolute atomic E-state index is 0.181. The number of carbonyl (C=O) groups is 1. The summed E-state index contributed by atoms with van der Waals surface area (Å²) < 4.78 is 5.36. The number of carbonyl (C=O) groups excluding carboxylic acids is 1. The van der Waals surface area contributed by atoms with Crippen molar-refractivity contribution < 1.29 is 9.53 Å². The minimum atomic E-state index is -0.181. The molecule has 1 aromatic carbocycles. The number of ketones is 1. The van der Waals surface area contributed by atoms with E-state index in [1.54, 1.807) is 7.11 Å². The normalized spacial score (nSPS) is 18.1. The molecule has 0 aliphatic carbocycles. The van der Waals surface area contributed by atoms with E-state index in [2.05, 4.69) is 18.3 Å². The molecule has 0 radical (unpaired) electrons. The number of ether oxygens (including phenoxy) is 1. The third-order valence-electron chi connectivity index (χ3n) is 4.17. The molecule has 1 heterocycles. The molecule has 0 unspecified atom stereocenters. The fraction of sp³-hybridized carbons (Fsp3) is 0.562. The lowest BCUT2D eigenvalue weighted by Crippen LogP contribution is -2.40. The molecule has 1 N–H and O–H groups in total. The van der Waals surface area contributed by atoms with Gasteiger partial charge in [0.25, 0.3) is 0 Å². The second-order valence-electron chi connectivity index (χ2n) is 5.73. The summed E-state index contributed by atoms with van der Waals surface area (Å²) in [5.41, 5.74) is 1.99. The van der Waals surface area contributed by atoms with E-state index in [1.165, 1.54) is 5.56 Å². The molecule has 19 heavy (non-hydrogen) atoms. The molecule has 0 atom stereocenters. The van der Waals surface area contributed by atoms with Crippen molar-refractivity contribution in [2.45, 2.75) is 33.1 Å². The maximum Gasteiger partial charge on any atom is 0.143 e. The fourth-order valence-corrected chi connectivity index (χ4v) is 2.69. The van der Waals surface area contributed by atoms with Gasteiger partial charge in [-0.2, -0.15) is 0 Å². The molecule has 3 nitrogen and oxygen atoms in total. The maximum absolute atomic E-state index is 12.6. The van der Waals surface area contributed by atoms with Crippen LogP contribution in [0, 0.1) is 12.3 Å². The topological polar surface area (TPSA) is 38.3 Å². The van der Waals surface area contributed by atoms with E-state index in [1.807, 2.05) is 19.1 Å². The van der Waals surface area contributed by atoms with E-state index >= 15 is 0 Å². The lowest BCUT2D eigenvalue weighted by Gasteiger charge is -2.32. The number of Topliss-reactive ketones (excluding diaryl/α,β-unsaturated/α-hetero) is 1. The lowest BCUT2D eigenvalue weighted by atomic mass is 9.75. The molecule has 0 saturated carbocycles. The average molecular weight is 261 g/mol. The van der Waals surface area contributed by atoms with Crippen LogP contribution < -0.4 is 10.1 Å². The van der Waals surface area contributed by atoms with Crippen LogP contribution in [0.3, 0.4) is 0 Å². The highest BCUT2D eigenvalue weighted by molar-refractivity contribution is 5.87. The Labute approximate surface area is 115 Å². The number of nitrogens with one attached hydrogen (secondary N) is 1. The summed E-state index contributed by atoms with van der Waals surface area (Å²) in [6, 6.07) is 6.02. The van der Waals surface area contributed by atoms with Gasteiger partial charge in [0.2, 0.25) is 0 Å². The van der Waals surface area contributed by atoms with Crippen LogP contribution in [0.1, 0.15) is 30.9 Å². The van der Waals surface area contributed by atoms with Crippen molar-refractivity contribution in [3.05, 3.63) is 29.3 Å². The van der Waals surface area contributed by atoms with Crippen LogP contribution in [-0.2, 0) is 11.2 Å². The maximum atomic E-state index is 12.6. The molecule has 0 bridgehead atoms. The molecule has 1 fully saturated rings. The Morgan fingerprint density at radius 1 is 1.37 bits per heavy atom. The van der Waals surface area contributed by atoms with Crippen LogP contribution in [0.15, 0.2) is 18.2 Å². The predicted octanol–water partition coefficient (Wildman–Crippen LogP) is 2.50. The van der Waals surface area contributed by atoms with E-state index in [9.17, 15) is 4.79 Å². The Kier molecular flexibility index (Phi) is 4.25. The first kappa shape index (κ1) is 14.1. The largest absolute Gasteiger partial charge is 0.496 e. The molecule has 3 heteroatoms. The molecular formula is C16H23NO2. The van der Waals surface area contributed by atoms with Gasteiger partial charge < -0.3 is 10.1 Å². The highest BCUT2D eigenvalue weighted by atomic mass is 16.5. The van der Waals surface area contributed by atoms with E-state index in [0.717, 1.165) is 37.2 Å². The van der Waals surface area contributed by atoms with Gasteiger partial charge in [0.05, 0.1) is 7.11 Å². The fourth-order valence-electron chi connectivity index (χ4n) is 2.69. The first-order chi connectivity index (χ1) is 9.05. The number of piperidine rings is 1. The summed E-state index contributed by atoms with van der Waals surface area (Å²) in [6.07, 6.45) is 2.33. The van der Waals surface area contributed by atoms with Crippen molar-refractivity contribution >= 4 is 5.78 Å². The smallest absolute Gasteiger partial charge is 0.143 e. The number of methoxy groups -OCH3 is 1. The van der Waals surface area contributed by atoms with Crippen molar-refractivity contribution in [3.63, 3.8) is 0 Å². The first-order valence-electron chi connectivity index (χ1n) is 6.93. The quantitative estimate of drug-likeness (QED) is 0.905. The third-order valence-corrected chi connectivity index (χ3v) is 4.17. The monoisotopic (exact) mass is 261 g/mol. The van der Waals surface area contributed by atoms with Crippen molar-refractivity contribution in [1.82, 2.24) is 5.32 Å². The zero-order valence-electron chi connectivity index (χ0n) is 12.1. The zero-order valence-corrected chi connectivity index (χ0v) is 12.1. The summed E-state index contributed by atoms with van der Waals surface area (Å²) in [4.78, 5) is 12.6. The molecule has 1 aliphatic heterocycles. The summed E-state index contributed by atoms with van der Waals surface area (Å²) in [7, 11) is 1.66. The Morgan fingerprint density at radius 2 is 2.05 bits per heavy atom. The van der Waals surface area contributed by atoms with Gasteiger partial charge in [0, 0.05) is 17.4 Å². The second-order valence-corrected chi connectivity index (χ2v) is 5.73. The van der Waals surface area contributed by atoms with E-state index in [-0.39, 0.29) is 5.41 Å². The van der Waals surface area contributed by atoms with Gasteiger partial charge in [0.15, 0.2) is 0 Å². The van der Waals surface area contributed by atoms with Crippen molar-refractivity contribution in [3.8, 4) is 5.75 Å². The van der Waals surface area contributed by atoms with Crippen LogP contribution in [0.4, 0.5) is 0 Å². The highest BCUT2D eigenvalue weighted by Gasteiger charge is 2.34. The van der Waals surface area contributed by atoms with Gasteiger partial charge in [-0.1, -0.05) is 24.6 Å². The lowest BCUT2D eigenvalue weighted by molar-refractivity contribution is -0.128. The Bertz CT molecular complexity index is 462. The molecular weight excluding hydrogens is 238 g/mol. The standard InChI is InChI=1S/C16H23NO2/c1-12-4-5-14(19-3)13(10-12)11-15(18)16(2)6-8-17-9-7-16/h4-5,10,17H,6-9,11H2,1-3H3. The van der Waals surface area contributed by atoms with E-state index in [0.29, 0.717) is 12.2 Å². The van der Waals surface area contributed by atoms with Crippen LogP contribution in [0.2, 0.25) is 0 Å². The van der Waals surface area contributed by atoms with Gasteiger partial charge in [-0.25, -0.2) is 0 Å². The van der Waals surface area contributed by atoms with Crippen LogP contribution >= 0.6 is 0 Å². The van der Waals surface area contributed by atoms with E-state index < -0.39 is 0 Å². The molecule has 0 aromatic heterocycles. The van der Waals surface area contributed by atoms with Gasteiger partial charge in [-0.05, 0) is 38.9 Å². The number of rotatable bonds is 4. The number of aryl methyl sites for hydroxylation is 1. The van der Waals surface area contributed by atoms with Crippen molar-refractivity contribution in [2.24, 2.45) is 5.41 Å². The van der Waals surface area contributed by atoms with Gasteiger partial charge in [0.1, 0.15) is 11.5 Å². The molecule has 1 aliphatic rings. The molecule has 2 rings (SSSR count). The summed E-state index contributed by atoms with van der Waals surface area (Å²) in [6.45, 7) is 6.01. The van der Waals surface area contributed by atoms with Crippen LogP contribution in [0.5, 0.6) is 5.75 Å². The Balaban J connectivity index is 2.16. The van der Waals surface area contributed by atoms with Crippen molar-refractivity contribution in [2.75, 3.05) is 20.2 Å². The van der Waals surface area contributed by atoms with Crippen LogP contribution in [-0.4, -0.2) is 26.0 Å². The molecule has 1 aromatic rings.